The number of hydrogen-bond donors (Lipinski definition) is 1. The van der Waals surface area contributed by atoms with Crippen LogP contribution in [-0.4, -0.2) is 23.6 Å². The lowest BCUT2D eigenvalue weighted by atomic mass is 9.85. The van der Waals surface area contributed by atoms with Crippen LogP contribution in [0, 0.1) is 0 Å². The Morgan fingerprint density at radius 1 is 1.32 bits per heavy atom. The zero-order valence-electron chi connectivity index (χ0n) is 10.9. The fourth-order valence-electron chi connectivity index (χ4n) is 2.74. The van der Waals surface area contributed by atoms with Crippen LogP contribution in [0.2, 0.25) is 0 Å². The molecule has 3 rings (SSSR count). The number of aromatic nitrogens is 2. The van der Waals surface area contributed by atoms with Gasteiger partial charge in [-0.15, -0.1) is 0 Å². The van der Waals surface area contributed by atoms with Gasteiger partial charge in [0.15, 0.2) is 0 Å². The van der Waals surface area contributed by atoms with Crippen molar-refractivity contribution in [3.05, 3.63) is 54.1 Å². The minimum absolute atomic E-state index is 0.166. The summed E-state index contributed by atoms with van der Waals surface area (Å²) >= 11 is 0. The van der Waals surface area contributed by atoms with Gasteiger partial charge < -0.3 is 10.1 Å². The lowest BCUT2D eigenvalue weighted by Crippen LogP contribution is -2.28. The summed E-state index contributed by atoms with van der Waals surface area (Å²) < 4.78 is 5.72. The van der Waals surface area contributed by atoms with E-state index in [-0.39, 0.29) is 6.04 Å². The predicted octanol–water partition coefficient (Wildman–Crippen LogP) is 2.30. The molecule has 0 radical (unpaired) electrons. The van der Waals surface area contributed by atoms with E-state index in [0.29, 0.717) is 5.92 Å². The molecule has 2 unspecified atom stereocenters. The normalized spacial score (nSPS) is 19.3. The van der Waals surface area contributed by atoms with E-state index in [0.717, 1.165) is 24.5 Å². The summed E-state index contributed by atoms with van der Waals surface area (Å²) in [7, 11) is 1.97. The second kappa shape index (κ2) is 5.36. The molecular weight excluding hydrogens is 238 g/mol. The Morgan fingerprint density at radius 2 is 2.21 bits per heavy atom. The van der Waals surface area contributed by atoms with Crippen LogP contribution in [0.15, 0.2) is 42.9 Å². The molecule has 0 bridgehead atoms. The minimum atomic E-state index is 0.166. The molecule has 2 aromatic rings. The Kier molecular flexibility index (Phi) is 3.42. The van der Waals surface area contributed by atoms with E-state index >= 15 is 0 Å². The number of para-hydroxylation sites is 1. The summed E-state index contributed by atoms with van der Waals surface area (Å²) in [5, 5.41) is 3.37. The van der Waals surface area contributed by atoms with Crippen molar-refractivity contribution in [2.45, 2.75) is 18.4 Å². The lowest BCUT2D eigenvalue weighted by Gasteiger charge is -2.31. The molecule has 0 spiro atoms. The number of rotatable bonds is 3. The van der Waals surface area contributed by atoms with Crippen LogP contribution in [0.3, 0.4) is 0 Å². The Labute approximate surface area is 112 Å². The highest BCUT2D eigenvalue weighted by Gasteiger charge is 2.29. The third kappa shape index (κ3) is 2.31. The molecule has 4 nitrogen and oxygen atoms in total. The minimum Gasteiger partial charge on any atom is -0.493 e. The second-order valence-corrected chi connectivity index (χ2v) is 4.68. The summed E-state index contributed by atoms with van der Waals surface area (Å²) in [4.78, 5) is 8.60. The molecule has 2 heterocycles. The van der Waals surface area contributed by atoms with Crippen LogP contribution in [-0.2, 0) is 0 Å². The first-order valence-corrected chi connectivity index (χ1v) is 6.55. The maximum Gasteiger partial charge on any atom is 0.122 e. The van der Waals surface area contributed by atoms with Crippen molar-refractivity contribution in [1.29, 1.82) is 0 Å². The van der Waals surface area contributed by atoms with Crippen molar-refractivity contribution < 1.29 is 4.74 Å². The Balaban J connectivity index is 1.97. The number of likely N-dealkylation sites (N-methyl/N-ethyl adjacent to an activating group) is 1. The van der Waals surface area contributed by atoms with E-state index in [1.54, 1.807) is 12.4 Å². The molecule has 0 saturated heterocycles. The third-order valence-electron chi connectivity index (χ3n) is 3.62. The number of nitrogens with zero attached hydrogens (tertiary/aromatic N) is 2. The molecule has 1 aromatic carbocycles. The number of ether oxygens (including phenoxy) is 1. The SMILES string of the molecule is CNC(c1cnccn1)C1CCOc2ccccc21. The monoisotopic (exact) mass is 255 g/mol. The van der Waals surface area contributed by atoms with Crippen molar-refractivity contribution in [2.75, 3.05) is 13.7 Å². The zero-order chi connectivity index (χ0) is 13.1. The Morgan fingerprint density at radius 3 is 3.00 bits per heavy atom. The van der Waals surface area contributed by atoms with Crippen LogP contribution < -0.4 is 10.1 Å². The largest absolute Gasteiger partial charge is 0.493 e. The van der Waals surface area contributed by atoms with Crippen molar-refractivity contribution >= 4 is 0 Å². The van der Waals surface area contributed by atoms with Crippen LogP contribution in [0.5, 0.6) is 5.75 Å². The molecule has 0 amide bonds. The quantitative estimate of drug-likeness (QED) is 0.914. The Hall–Kier alpha value is -1.94. The first-order chi connectivity index (χ1) is 9.40. The van der Waals surface area contributed by atoms with Gasteiger partial charge in [-0.3, -0.25) is 9.97 Å². The fourth-order valence-corrected chi connectivity index (χ4v) is 2.74. The van der Waals surface area contributed by atoms with Gasteiger partial charge in [0.1, 0.15) is 5.75 Å². The van der Waals surface area contributed by atoms with Gasteiger partial charge in [0.05, 0.1) is 18.3 Å². The van der Waals surface area contributed by atoms with Gasteiger partial charge in [0.2, 0.25) is 0 Å². The van der Waals surface area contributed by atoms with Crippen LogP contribution in [0.4, 0.5) is 0 Å². The first-order valence-electron chi connectivity index (χ1n) is 6.55. The van der Waals surface area contributed by atoms with Gasteiger partial charge in [-0.05, 0) is 25.1 Å². The van der Waals surface area contributed by atoms with Crippen molar-refractivity contribution in [1.82, 2.24) is 15.3 Å². The summed E-state index contributed by atoms with van der Waals surface area (Å²) in [5.74, 6) is 1.36. The van der Waals surface area contributed by atoms with Crippen LogP contribution >= 0.6 is 0 Å². The molecule has 0 aliphatic carbocycles. The summed E-state index contributed by atoms with van der Waals surface area (Å²) in [5.41, 5.74) is 2.23. The highest BCUT2D eigenvalue weighted by molar-refractivity contribution is 5.39. The van der Waals surface area contributed by atoms with E-state index in [9.17, 15) is 0 Å². The second-order valence-electron chi connectivity index (χ2n) is 4.68. The van der Waals surface area contributed by atoms with Crippen molar-refractivity contribution in [2.24, 2.45) is 0 Å². The maximum atomic E-state index is 5.72. The summed E-state index contributed by atoms with van der Waals surface area (Å²) in [6, 6.07) is 8.41. The smallest absolute Gasteiger partial charge is 0.122 e. The van der Waals surface area contributed by atoms with Gasteiger partial charge in [-0.25, -0.2) is 0 Å². The van der Waals surface area contributed by atoms with Crippen LogP contribution in [0.1, 0.15) is 29.6 Å². The van der Waals surface area contributed by atoms with Gasteiger partial charge in [0.25, 0.3) is 0 Å². The third-order valence-corrected chi connectivity index (χ3v) is 3.62. The molecule has 1 aliphatic heterocycles. The van der Waals surface area contributed by atoms with Crippen molar-refractivity contribution in [3.8, 4) is 5.75 Å². The van der Waals surface area contributed by atoms with Gasteiger partial charge >= 0.3 is 0 Å². The highest BCUT2D eigenvalue weighted by Crippen LogP contribution is 2.40. The van der Waals surface area contributed by atoms with Crippen LogP contribution in [0.25, 0.3) is 0 Å². The predicted molar refractivity (Wildman–Crippen MR) is 73.1 cm³/mol. The average molecular weight is 255 g/mol. The number of benzene rings is 1. The number of hydrogen-bond acceptors (Lipinski definition) is 4. The summed E-state index contributed by atoms with van der Waals surface area (Å²) in [6.07, 6.45) is 6.26. The van der Waals surface area contributed by atoms with E-state index in [1.807, 2.05) is 25.4 Å². The van der Waals surface area contributed by atoms with E-state index in [4.69, 9.17) is 4.74 Å². The molecule has 0 fully saturated rings. The lowest BCUT2D eigenvalue weighted by molar-refractivity contribution is 0.247. The Bertz CT molecular complexity index is 544. The zero-order valence-corrected chi connectivity index (χ0v) is 10.9. The maximum absolute atomic E-state index is 5.72. The van der Waals surface area contributed by atoms with E-state index in [1.165, 1.54) is 5.56 Å². The van der Waals surface area contributed by atoms with E-state index in [2.05, 4.69) is 27.4 Å². The van der Waals surface area contributed by atoms with Gasteiger partial charge in [-0.2, -0.15) is 0 Å². The van der Waals surface area contributed by atoms with Gasteiger partial charge in [0, 0.05) is 24.5 Å². The first kappa shape index (κ1) is 12.1. The fraction of sp³-hybridized carbons (Fsp3) is 0.333. The highest BCUT2D eigenvalue weighted by atomic mass is 16.5. The summed E-state index contributed by atoms with van der Waals surface area (Å²) in [6.45, 7) is 0.750. The molecule has 98 valence electrons. The molecule has 2 atom stereocenters. The molecule has 4 heteroatoms. The topological polar surface area (TPSA) is 47.0 Å². The average Bonchev–Trinajstić information content (AvgIpc) is 2.49. The molecular formula is C15H17N3O. The molecule has 1 N–H and O–H groups in total. The van der Waals surface area contributed by atoms with Crippen molar-refractivity contribution in [3.63, 3.8) is 0 Å². The number of fused-ring (bicyclic) bond motifs is 1. The van der Waals surface area contributed by atoms with E-state index < -0.39 is 0 Å². The molecule has 0 saturated carbocycles. The molecule has 1 aromatic heterocycles. The van der Waals surface area contributed by atoms with Gasteiger partial charge in [-0.1, -0.05) is 18.2 Å². The molecule has 19 heavy (non-hydrogen) atoms. The molecule has 1 aliphatic rings. The standard InChI is InChI=1S/C15H17N3O/c1-16-15(13-10-17-7-8-18-13)12-6-9-19-14-5-3-2-4-11(12)14/h2-5,7-8,10,12,15-16H,6,9H2,1H3. The number of nitrogens with one attached hydrogen (secondary N) is 1.